The second-order valence-electron chi connectivity index (χ2n) is 4.98. The van der Waals surface area contributed by atoms with Crippen molar-refractivity contribution in [2.75, 3.05) is 26.4 Å². The van der Waals surface area contributed by atoms with Crippen molar-refractivity contribution in [3.05, 3.63) is 35.9 Å². The van der Waals surface area contributed by atoms with Crippen LogP contribution in [0.2, 0.25) is 0 Å². The summed E-state index contributed by atoms with van der Waals surface area (Å²) in [5.74, 6) is 0.148. The average Bonchev–Trinajstić information content (AvgIpc) is 2.37. The summed E-state index contributed by atoms with van der Waals surface area (Å²) < 4.78 is 24.4. The summed E-state index contributed by atoms with van der Waals surface area (Å²) in [5, 5.41) is 3.26. The summed E-state index contributed by atoms with van der Waals surface area (Å²) in [6, 6.07) is 10.6. The van der Waals surface area contributed by atoms with E-state index in [0.29, 0.717) is 12.6 Å². The molecule has 1 N–H and O–H groups in total. The van der Waals surface area contributed by atoms with E-state index in [4.69, 9.17) is 0 Å². The summed E-state index contributed by atoms with van der Waals surface area (Å²) in [4.78, 5) is 0. The van der Waals surface area contributed by atoms with Crippen molar-refractivity contribution in [2.24, 2.45) is 0 Å². The standard InChI is InChI=1S/C14H24N2O2S/c1-13(9-10-14-7-5-4-6-8-14)15-11-12-19(17,18)16(2)3/h4-8,13,15H,9-12H2,1-3H3. The highest BCUT2D eigenvalue weighted by Gasteiger charge is 2.13. The van der Waals surface area contributed by atoms with Crippen LogP contribution in [0.3, 0.4) is 0 Å². The molecule has 0 aliphatic carbocycles. The molecule has 0 aliphatic rings. The molecule has 1 aromatic carbocycles. The van der Waals surface area contributed by atoms with Gasteiger partial charge >= 0.3 is 0 Å². The quantitative estimate of drug-likeness (QED) is 0.787. The Bertz CT molecular complexity index is 458. The van der Waals surface area contributed by atoms with Crippen LogP contribution in [0.5, 0.6) is 0 Å². The molecule has 1 aromatic rings. The summed E-state index contributed by atoms with van der Waals surface area (Å²) in [6.45, 7) is 2.59. The van der Waals surface area contributed by atoms with Crippen LogP contribution >= 0.6 is 0 Å². The lowest BCUT2D eigenvalue weighted by molar-refractivity contribution is 0.502. The number of hydrogen-bond acceptors (Lipinski definition) is 3. The first kappa shape index (κ1) is 16.1. The summed E-state index contributed by atoms with van der Waals surface area (Å²) in [5.41, 5.74) is 1.32. The molecule has 19 heavy (non-hydrogen) atoms. The number of hydrogen-bond donors (Lipinski definition) is 1. The maximum atomic E-state index is 11.6. The Balaban J connectivity index is 2.24. The van der Waals surface area contributed by atoms with Crippen LogP contribution in [0, 0.1) is 0 Å². The minimum absolute atomic E-state index is 0.148. The molecular formula is C14H24N2O2S. The third-order valence-corrected chi connectivity index (χ3v) is 4.95. The Kier molecular flexibility index (Phi) is 6.48. The van der Waals surface area contributed by atoms with Crippen LogP contribution in [0.25, 0.3) is 0 Å². The maximum absolute atomic E-state index is 11.6. The first-order chi connectivity index (χ1) is 8.92. The second kappa shape index (κ2) is 7.62. The van der Waals surface area contributed by atoms with Crippen LogP contribution in [0.1, 0.15) is 18.9 Å². The van der Waals surface area contributed by atoms with Crippen LogP contribution in [0.4, 0.5) is 0 Å². The zero-order valence-corrected chi connectivity index (χ0v) is 12.8. The van der Waals surface area contributed by atoms with Gasteiger partial charge in [0.25, 0.3) is 0 Å². The van der Waals surface area contributed by atoms with E-state index in [9.17, 15) is 8.42 Å². The van der Waals surface area contributed by atoms with Gasteiger partial charge in [0.2, 0.25) is 10.0 Å². The number of sulfonamides is 1. The molecule has 0 fully saturated rings. The summed E-state index contributed by atoms with van der Waals surface area (Å²) in [7, 11) is 0.0372. The Hall–Kier alpha value is -0.910. The van der Waals surface area contributed by atoms with E-state index >= 15 is 0 Å². The second-order valence-corrected chi connectivity index (χ2v) is 7.28. The number of aryl methyl sites for hydroxylation is 1. The van der Waals surface area contributed by atoms with E-state index in [-0.39, 0.29) is 5.75 Å². The van der Waals surface area contributed by atoms with Gasteiger partial charge in [-0.25, -0.2) is 12.7 Å². The van der Waals surface area contributed by atoms with Crippen LogP contribution in [-0.2, 0) is 16.4 Å². The number of nitrogens with zero attached hydrogens (tertiary/aromatic N) is 1. The van der Waals surface area contributed by atoms with Crippen molar-refractivity contribution in [2.45, 2.75) is 25.8 Å². The molecule has 0 bridgehead atoms. The highest BCUT2D eigenvalue weighted by Crippen LogP contribution is 2.04. The zero-order valence-electron chi connectivity index (χ0n) is 12.0. The molecule has 1 unspecified atom stereocenters. The Morgan fingerprint density at radius 3 is 2.42 bits per heavy atom. The summed E-state index contributed by atoms with van der Waals surface area (Å²) in [6.07, 6.45) is 2.02. The van der Waals surface area contributed by atoms with Crippen molar-refractivity contribution in [3.8, 4) is 0 Å². The molecule has 1 rings (SSSR count). The van der Waals surface area contributed by atoms with Gasteiger partial charge in [0.05, 0.1) is 5.75 Å². The van der Waals surface area contributed by atoms with Gasteiger partial charge in [0, 0.05) is 26.7 Å². The lowest BCUT2D eigenvalue weighted by atomic mass is 10.1. The molecule has 0 amide bonds. The lowest BCUT2D eigenvalue weighted by Crippen LogP contribution is -2.35. The van der Waals surface area contributed by atoms with Gasteiger partial charge in [-0.05, 0) is 25.3 Å². The van der Waals surface area contributed by atoms with E-state index in [1.165, 1.54) is 9.87 Å². The lowest BCUT2D eigenvalue weighted by Gasteiger charge is -2.15. The molecule has 0 saturated heterocycles. The van der Waals surface area contributed by atoms with Crippen molar-refractivity contribution < 1.29 is 8.42 Å². The SMILES string of the molecule is CC(CCc1ccccc1)NCCS(=O)(=O)N(C)C. The van der Waals surface area contributed by atoms with Gasteiger partial charge in [-0.2, -0.15) is 0 Å². The fourth-order valence-corrected chi connectivity index (χ4v) is 2.49. The molecule has 0 aromatic heterocycles. The predicted octanol–water partition coefficient (Wildman–Crippen LogP) is 1.49. The topological polar surface area (TPSA) is 49.4 Å². The van der Waals surface area contributed by atoms with Gasteiger partial charge in [-0.15, -0.1) is 0 Å². The molecule has 0 aliphatic heterocycles. The molecule has 0 radical (unpaired) electrons. The molecule has 108 valence electrons. The van der Waals surface area contributed by atoms with E-state index < -0.39 is 10.0 Å². The third-order valence-electron chi connectivity index (χ3n) is 3.12. The third kappa shape index (κ3) is 6.18. The van der Waals surface area contributed by atoms with Crippen LogP contribution in [-0.4, -0.2) is 45.2 Å². The van der Waals surface area contributed by atoms with Gasteiger partial charge < -0.3 is 5.32 Å². The normalized spacial score (nSPS) is 13.7. The highest BCUT2D eigenvalue weighted by atomic mass is 32.2. The van der Waals surface area contributed by atoms with Crippen molar-refractivity contribution in [1.29, 1.82) is 0 Å². The highest BCUT2D eigenvalue weighted by molar-refractivity contribution is 7.89. The Morgan fingerprint density at radius 2 is 1.84 bits per heavy atom. The maximum Gasteiger partial charge on any atom is 0.214 e. The van der Waals surface area contributed by atoms with E-state index in [1.54, 1.807) is 14.1 Å². The fourth-order valence-electron chi connectivity index (χ4n) is 1.75. The van der Waals surface area contributed by atoms with Gasteiger partial charge in [0.15, 0.2) is 0 Å². The smallest absolute Gasteiger partial charge is 0.214 e. The van der Waals surface area contributed by atoms with Crippen LogP contribution in [0.15, 0.2) is 30.3 Å². The molecule has 0 saturated carbocycles. The monoisotopic (exact) mass is 284 g/mol. The van der Waals surface area contributed by atoms with Crippen molar-refractivity contribution >= 4 is 10.0 Å². The van der Waals surface area contributed by atoms with Gasteiger partial charge in [0.1, 0.15) is 0 Å². The van der Waals surface area contributed by atoms with Crippen molar-refractivity contribution in [3.63, 3.8) is 0 Å². The minimum Gasteiger partial charge on any atom is -0.313 e. The molecular weight excluding hydrogens is 260 g/mol. The molecule has 0 heterocycles. The zero-order chi connectivity index (χ0) is 14.3. The molecule has 4 nitrogen and oxygen atoms in total. The fraction of sp³-hybridized carbons (Fsp3) is 0.571. The Morgan fingerprint density at radius 1 is 1.21 bits per heavy atom. The van der Waals surface area contributed by atoms with Crippen LogP contribution < -0.4 is 5.32 Å². The van der Waals surface area contributed by atoms with Crippen molar-refractivity contribution in [1.82, 2.24) is 9.62 Å². The predicted molar refractivity (Wildman–Crippen MR) is 79.7 cm³/mol. The largest absolute Gasteiger partial charge is 0.313 e. The first-order valence-electron chi connectivity index (χ1n) is 6.59. The van der Waals surface area contributed by atoms with Gasteiger partial charge in [-0.3, -0.25) is 0 Å². The number of nitrogens with one attached hydrogen (secondary N) is 1. The number of benzene rings is 1. The number of rotatable bonds is 8. The Labute approximate surface area is 116 Å². The molecule has 0 spiro atoms. The molecule has 5 heteroatoms. The summed E-state index contributed by atoms with van der Waals surface area (Å²) >= 11 is 0. The first-order valence-corrected chi connectivity index (χ1v) is 8.20. The molecule has 1 atom stereocenters. The van der Waals surface area contributed by atoms with E-state index in [1.807, 2.05) is 18.2 Å². The average molecular weight is 284 g/mol. The van der Waals surface area contributed by atoms with Gasteiger partial charge in [-0.1, -0.05) is 30.3 Å². The minimum atomic E-state index is -3.09. The van der Waals surface area contributed by atoms with E-state index in [2.05, 4.69) is 24.4 Å². The van der Waals surface area contributed by atoms with E-state index in [0.717, 1.165) is 12.8 Å².